The molecule has 2 aliphatic heterocycles. The van der Waals surface area contributed by atoms with Crippen LogP contribution >= 0.6 is 12.4 Å². The average Bonchev–Trinajstić information content (AvgIpc) is 3.26. The Kier molecular flexibility index (Phi) is 10.3. The fourth-order valence-corrected chi connectivity index (χ4v) is 8.29. The fraction of sp³-hybridized carbons (Fsp3) is 0.871. The molecule has 4 fully saturated rings. The second-order valence-corrected chi connectivity index (χ2v) is 15.0. The van der Waals surface area contributed by atoms with Crippen molar-refractivity contribution in [3.05, 3.63) is 12.7 Å². The van der Waals surface area contributed by atoms with Crippen molar-refractivity contribution in [3.8, 4) is 0 Å². The Morgan fingerprint density at radius 2 is 1.79 bits per heavy atom. The van der Waals surface area contributed by atoms with Gasteiger partial charge in [-0.05, 0) is 66.2 Å². The van der Waals surface area contributed by atoms with E-state index in [0.29, 0.717) is 25.9 Å². The molecule has 2 aliphatic carbocycles. The van der Waals surface area contributed by atoms with E-state index in [1.807, 2.05) is 41.5 Å². The van der Waals surface area contributed by atoms with Crippen molar-refractivity contribution in [1.29, 1.82) is 0 Å². The minimum atomic E-state index is -2.16. The van der Waals surface area contributed by atoms with Crippen LogP contribution in [0.4, 0.5) is 0 Å². The molecule has 4 rings (SSSR count). The normalized spacial score (nSPS) is 44.6. The Labute approximate surface area is 257 Å². The highest BCUT2D eigenvalue weighted by Gasteiger charge is 2.81. The Bertz CT molecular complexity index is 1040. The molecule has 2 heterocycles. The standard InChI is InChI=1S/C31H51NO8.ClH.H2O/c1-11-27(7)17-19(33)31(36)29(9)20(38-21(34)18-32-25(2,3)4)13-15-26(5,6)23(29)22(35)24(30(31,10)40-27)39-28(8)14-12-16-37-28;;/h11,20,22-24,32,35-36H,1,12-18H2,2-10H3;1H;1H2/t20-,22-,23-,24-,27-,28?,29-,30+,31-;;/m0../s1. The summed E-state index contributed by atoms with van der Waals surface area (Å²) < 4.78 is 25.3. The average molecular weight is 620 g/mol. The zero-order chi connectivity index (χ0) is 30.2. The van der Waals surface area contributed by atoms with E-state index in [4.69, 9.17) is 18.9 Å². The first-order chi connectivity index (χ1) is 18.2. The number of carbonyl (C=O) groups is 2. The quantitative estimate of drug-likeness (QED) is 0.300. The van der Waals surface area contributed by atoms with E-state index in [0.717, 1.165) is 6.42 Å². The number of nitrogens with one attached hydrogen (secondary N) is 1. The van der Waals surface area contributed by atoms with Gasteiger partial charge in [0, 0.05) is 29.7 Å². The minimum absolute atomic E-state index is 0. The van der Waals surface area contributed by atoms with Crippen molar-refractivity contribution >= 4 is 24.2 Å². The van der Waals surface area contributed by atoms with E-state index in [9.17, 15) is 19.8 Å². The smallest absolute Gasteiger partial charge is 0.320 e. The molecule has 42 heavy (non-hydrogen) atoms. The van der Waals surface area contributed by atoms with Crippen molar-refractivity contribution < 1.29 is 44.2 Å². The van der Waals surface area contributed by atoms with Gasteiger partial charge in [0.05, 0.1) is 24.9 Å². The molecule has 5 N–H and O–H groups in total. The number of Topliss-reactive ketones (excluding diaryl/α,β-unsaturated/α-hetero) is 1. The second kappa shape index (κ2) is 11.7. The molecule has 0 spiro atoms. The summed E-state index contributed by atoms with van der Waals surface area (Å²) in [5.74, 6) is -2.61. The Morgan fingerprint density at radius 3 is 2.31 bits per heavy atom. The SMILES string of the molecule is C=C[C@@]1(C)CC(=O)[C@]2(O)[C@@]3(C)[C@@H](OC(=O)CNC(C)(C)C)CCC(C)(C)[C@@H]3[C@H](O)[C@H](OC3(C)CCCO3)[C@@]2(C)O1.Cl.O. The first kappa shape index (κ1) is 37.1. The largest absolute Gasteiger partial charge is 0.461 e. The molecule has 0 aromatic carbocycles. The van der Waals surface area contributed by atoms with E-state index >= 15 is 0 Å². The van der Waals surface area contributed by atoms with Gasteiger partial charge in [0.25, 0.3) is 0 Å². The van der Waals surface area contributed by atoms with Gasteiger partial charge in [-0.3, -0.25) is 9.59 Å². The third-order valence-corrected chi connectivity index (χ3v) is 10.3. The predicted molar refractivity (Wildman–Crippen MR) is 160 cm³/mol. The molecule has 10 nitrogen and oxygen atoms in total. The molecule has 0 amide bonds. The van der Waals surface area contributed by atoms with Crippen molar-refractivity contribution in [2.75, 3.05) is 13.2 Å². The van der Waals surface area contributed by atoms with E-state index < -0.39 is 69.4 Å². The number of ether oxygens (including phenoxy) is 4. The topological polar surface area (TPSA) is 155 Å². The maximum absolute atomic E-state index is 14.4. The van der Waals surface area contributed by atoms with E-state index in [-0.39, 0.29) is 36.4 Å². The number of fused-ring (bicyclic) bond motifs is 3. The molecule has 9 atom stereocenters. The van der Waals surface area contributed by atoms with Crippen LogP contribution in [-0.4, -0.2) is 87.0 Å². The van der Waals surface area contributed by atoms with Crippen molar-refractivity contribution in [1.82, 2.24) is 5.32 Å². The summed E-state index contributed by atoms with van der Waals surface area (Å²) in [6.07, 6.45) is 0.738. The lowest BCUT2D eigenvalue weighted by Crippen LogP contribution is -2.87. The highest BCUT2D eigenvalue weighted by atomic mass is 35.5. The second-order valence-electron chi connectivity index (χ2n) is 15.0. The molecule has 1 unspecified atom stereocenters. The number of rotatable bonds is 6. The zero-order valence-corrected chi connectivity index (χ0v) is 27.6. The summed E-state index contributed by atoms with van der Waals surface area (Å²) in [4.78, 5) is 27.5. The molecule has 0 aromatic heterocycles. The van der Waals surface area contributed by atoms with Crippen molar-refractivity contribution in [3.63, 3.8) is 0 Å². The summed E-state index contributed by atoms with van der Waals surface area (Å²) in [5, 5.41) is 28.4. The van der Waals surface area contributed by atoms with Crippen LogP contribution in [0.1, 0.15) is 94.4 Å². The number of aliphatic hydroxyl groups is 2. The number of esters is 1. The molecule has 0 bridgehead atoms. The summed E-state index contributed by atoms with van der Waals surface area (Å²) in [6, 6.07) is 0. The van der Waals surface area contributed by atoms with E-state index in [2.05, 4.69) is 11.9 Å². The van der Waals surface area contributed by atoms with Gasteiger partial charge in [-0.15, -0.1) is 19.0 Å². The molecular weight excluding hydrogens is 566 g/mol. The Hall–Kier alpha value is -1.11. The van der Waals surface area contributed by atoms with Gasteiger partial charge in [-0.1, -0.05) is 26.8 Å². The summed E-state index contributed by atoms with van der Waals surface area (Å²) in [5.41, 5.74) is -7.21. The van der Waals surface area contributed by atoms with E-state index in [1.165, 1.54) is 0 Å². The Balaban J connectivity index is 0.00000308. The fourth-order valence-electron chi connectivity index (χ4n) is 8.29. The van der Waals surface area contributed by atoms with Crippen LogP contribution in [0.3, 0.4) is 0 Å². The molecule has 0 aromatic rings. The zero-order valence-electron chi connectivity index (χ0n) is 26.8. The number of ketones is 1. The molecule has 244 valence electrons. The monoisotopic (exact) mass is 619 g/mol. The molecule has 11 heteroatoms. The third kappa shape index (κ3) is 5.71. The highest BCUT2D eigenvalue weighted by molar-refractivity contribution is 5.92. The lowest BCUT2D eigenvalue weighted by Gasteiger charge is -2.71. The predicted octanol–water partition coefficient (Wildman–Crippen LogP) is 3.04. The molecule has 4 aliphatic rings. The van der Waals surface area contributed by atoms with Gasteiger partial charge in [0.15, 0.2) is 17.2 Å². The van der Waals surface area contributed by atoms with Gasteiger partial charge < -0.3 is 40.0 Å². The maximum atomic E-state index is 14.4. The van der Waals surface area contributed by atoms with Crippen LogP contribution in [0, 0.1) is 16.7 Å². The first-order valence-corrected chi connectivity index (χ1v) is 14.7. The van der Waals surface area contributed by atoms with Gasteiger partial charge >= 0.3 is 5.97 Å². The van der Waals surface area contributed by atoms with Crippen LogP contribution in [0.2, 0.25) is 0 Å². The lowest BCUT2D eigenvalue weighted by atomic mass is 9.39. The number of halogens is 1. The van der Waals surface area contributed by atoms with Crippen LogP contribution in [0.5, 0.6) is 0 Å². The van der Waals surface area contributed by atoms with Gasteiger partial charge in [-0.25, -0.2) is 0 Å². The minimum Gasteiger partial charge on any atom is -0.461 e. The highest BCUT2D eigenvalue weighted by Crippen LogP contribution is 2.68. The first-order valence-electron chi connectivity index (χ1n) is 14.7. The number of carbonyl (C=O) groups excluding carboxylic acids is 2. The van der Waals surface area contributed by atoms with Crippen molar-refractivity contribution in [2.24, 2.45) is 16.7 Å². The van der Waals surface area contributed by atoms with Gasteiger partial charge in [0.1, 0.15) is 17.8 Å². The number of hydrogen-bond donors (Lipinski definition) is 3. The summed E-state index contributed by atoms with van der Waals surface area (Å²) >= 11 is 0. The lowest BCUT2D eigenvalue weighted by molar-refractivity contribution is -0.396. The number of hydrogen-bond acceptors (Lipinski definition) is 9. The number of aliphatic hydroxyl groups excluding tert-OH is 1. The van der Waals surface area contributed by atoms with Crippen LogP contribution in [0.25, 0.3) is 0 Å². The molecular formula is C31H54ClNO9. The van der Waals surface area contributed by atoms with Crippen LogP contribution < -0.4 is 5.32 Å². The summed E-state index contributed by atoms with van der Waals surface area (Å²) in [6.45, 7) is 21.3. The van der Waals surface area contributed by atoms with Gasteiger partial charge in [-0.2, -0.15) is 0 Å². The molecule has 0 radical (unpaired) electrons. The van der Waals surface area contributed by atoms with Crippen molar-refractivity contribution in [2.45, 2.75) is 141 Å². The third-order valence-electron chi connectivity index (χ3n) is 10.3. The van der Waals surface area contributed by atoms with E-state index in [1.54, 1.807) is 26.8 Å². The van der Waals surface area contributed by atoms with Crippen LogP contribution in [-0.2, 0) is 28.5 Å². The van der Waals surface area contributed by atoms with Gasteiger partial charge in [0.2, 0.25) is 0 Å². The van der Waals surface area contributed by atoms with Crippen LogP contribution in [0.15, 0.2) is 12.7 Å². The molecule has 2 saturated heterocycles. The molecule has 2 saturated carbocycles. The Morgan fingerprint density at radius 1 is 1.17 bits per heavy atom. The maximum Gasteiger partial charge on any atom is 0.320 e. The summed E-state index contributed by atoms with van der Waals surface area (Å²) in [7, 11) is 0.